The summed E-state index contributed by atoms with van der Waals surface area (Å²) >= 11 is 6.53. The van der Waals surface area contributed by atoms with Gasteiger partial charge in [-0.3, -0.25) is 14.4 Å². The van der Waals surface area contributed by atoms with Gasteiger partial charge in [-0.25, -0.2) is 14.8 Å². The number of aromatic nitrogens is 3. The van der Waals surface area contributed by atoms with Gasteiger partial charge in [-0.2, -0.15) is 0 Å². The first-order valence-electron chi connectivity index (χ1n) is 19.0. The van der Waals surface area contributed by atoms with Crippen LogP contribution in [0.2, 0.25) is 5.02 Å². The first kappa shape index (κ1) is 45.2. The minimum absolute atomic E-state index is 0.00828. The Balaban J connectivity index is 1.31. The number of H-pyrrole nitrogens is 1. The quantitative estimate of drug-likeness (QED) is 0.0813. The van der Waals surface area contributed by atoms with Crippen LogP contribution in [0.1, 0.15) is 63.3 Å². The number of alkyl halides is 3. The van der Waals surface area contributed by atoms with E-state index in [-0.39, 0.29) is 52.2 Å². The number of ether oxygens (including phenoxy) is 3. The third kappa shape index (κ3) is 11.4. The maximum absolute atomic E-state index is 13.7. The lowest BCUT2D eigenvalue weighted by atomic mass is 9.96. The minimum Gasteiger partial charge on any atom is -0.453 e. The molecule has 19 heteroatoms. The smallest absolute Gasteiger partial charge is 0.453 e. The molecule has 5 N–H and O–H groups in total. The summed E-state index contributed by atoms with van der Waals surface area (Å²) in [7, 11) is 2.77. The number of methoxy groups -OCH3 is 2. The Labute approximate surface area is 350 Å². The Bertz CT molecular complexity index is 2160. The van der Waals surface area contributed by atoms with Gasteiger partial charge in [0.05, 0.1) is 47.4 Å². The topological polar surface area (TPSA) is 189 Å². The zero-order chi connectivity index (χ0) is 43.9. The number of rotatable bonds is 14. The molecule has 0 bridgehead atoms. The summed E-state index contributed by atoms with van der Waals surface area (Å²) in [6, 6.07) is 10.4. The van der Waals surface area contributed by atoms with Crippen molar-refractivity contribution < 1.29 is 46.6 Å². The second kappa shape index (κ2) is 19.0. The Kier molecular flexibility index (Phi) is 14.3. The van der Waals surface area contributed by atoms with Crippen LogP contribution in [-0.2, 0) is 19.1 Å². The van der Waals surface area contributed by atoms with Gasteiger partial charge in [-0.15, -0.1) is 13.2 Å². The number of benzene rings is 2. The zero-order valence-electron chi connectivity index (χ0n) is 34.1. The summed E-state index contributed by atoms with van der Waals surface area (Å²) in [5, 5.41) is 10.9. The van der Waals surface area contributed by atoms with Crippen molar-refractivity contribution in [1.29, 1.82) is 0 Å². The molecule has 0 radical (unpaired) electrons. The zero-order valence-corrected chi connectivity index (χ0v) is 34.9. The van der Waals surface area contributed by atoms with Gasteiger partial charge in [0.25, 0.3) is 5.91 Å². The predicted molar refractivity (Wildman–Crippen MR) is 218 cm³/mol. The number of amides is 4. The lowest BCUT2D eigenvalue weighted by Gasteiger charge is -2.29. The van der Waals surface area contributed by atoms with Gasteiger partial charge in [-0.1, -0.05) is 70.5 Å². The van der Waals surface area contributed by atoms with Crippen LogP contribution in [0, 0.1) is 11.3 Å². The average molecular weight is 857 g/mol. The molecule has 3 atom stereocenters. The molecule has 1 fully saturated rings. The number of nitrogens with zero attached hydrogens (tertiary/aromatic N) is 3. The van der Waals surface area contributed by atoms with Gasteiger partial charge in [0.15, 0.2) is 0 Å². The van der Waals surface area contributed by atoms with E-state index in [4.69, 9.17) is 21.1 Å². The Morgan fingerprint density at radius 2 is 1.67 bits per heavy atom. The van der Waals surface area contributed by atoms with Crippen LogP contribution < -0.4 is 26.0 Å². The highest BCUT2D eigenvalue weighted by atomic mass is 35.5. The van der Waals surface area contributed by atoms with Crippen LogP contribution in [0.15, 0.2) is 60.9 Å². The fraction of sp³-hybridized carbons (Fsp3) is 0.415. The van der Waals surface area contributed by atoms with Crippen molar-refractivity contribution in [2.45, 2.75) is 65.6 Å². The summed E-state index contributed by atoms with van der Waals surface area (Å²) in [4.78, 5) is 64.5. The second-order valence-electron chi connectivity index (χ2n) is 15.4. The molecule has 1 saturated heterocycles. The van der Waals surface area contributed by atoms with E-state index in [1.165, 1.54) is 25.4 Å². The summed E-state index contributed by atoms with van der Waals surface area (Å²) in [5.41, 5.74) is 1.01. The minimum atomic E-state index is -5.07. The highest BCUT2D eigenvalue weighted by molar-refractivity contribution is 6.34. The summed E-state index contributed by atoms with van der Waals surface area (Å²) < 4.78 is 55.8. The van der Waals surface area contributed by atoms with E-state index in [1.807, 2.05) is 13.8 Å². The third-order valence-corrected chi connectivity index (χ3v) is 9.97. The van der Waals surface area contributed by atoms with Gasteiger partial charge < -0.3 is 45.4 Å². The van der Waals surface area contributed by atoms with E-state index in [0.717, 1.165) is 6.07 Å². The molecular weight excluding hydrogens is 809 g/mol. The van der Waals surface area contributed by atoms with Crippen molar-refractivity contribution in [2.24, 2.45) is 11.3 Å². The maximum Gasteiger partial charge on any atom is 0.573 e. The molecule has 2 aromatic heterocycles. The normalized spacial score (nSPS) is 16.0. The third-order valence-electron chi connectivity index (χ3n) is 9.66. The van der Waals surface area contributed by atoms with Gasteiger partial charge in [0, 0.05) is 56.4 Å². The Hall–Kier alpha value is -5.88. The predicted octanol–water partition coefficient (Wildman–Crippen LogP) is 7.19. The number of pyridine rings is 1. The van der Waals surface area contributed by atoms with E-state index in [1.54, 1.807) is 69.3 Å². The first-order valence-corrected chi connectivity index (χ1v) is 19.4. The Morgan fingerprint density at radius 3 is 2.27 bits per heavy atom. The summed E-state index contributed by atoms with van der Waals surface area (Å²) in [5.74, 6) is -1.02. The van der Waals surface area contributed by atoms with Crippen LogP contribution >= 0.6 is 11.6 Å². The van der Waals surface area contributed by atoms with E-state index in [0.29, 0.717) is 48.0 Å². The number of hydrogen-bond donors (Lipinski definition) is 5. The largest absolute Gasteiger partial charge is 0.573 e. The molecule has 322 valence electrons. The maximum atomic E-state index is 13.7. The number of hydrogen-bond acceptors (Lipinski definition) is 10. The number of alkyl carbamates (subject to hydrolysis) is 1. The molecule has 15 nitrogen and oxygen atoms in total. The molecule has 3 heterocycles. The molecule has 1 aliphatic rings. The van der Waals surface area contributed by atoms with E-state index >= 15 is 0 Å². The molecule has 4 amide bonds. The molecule has 4 aromatic rings. The molecule has 2 aromatic carbocycles. The number of nitrogens with one attached hydrogen (secondary N) is 5. The molecule has 0 spiro atoms. The molecule has 0 unspecified atom stereocenters. The number of halogens is 4. The number of aromatic amines is 1. The molecule has 1 aliphatic heterocycles. The molecular formula is C41H48ClF3N8O7. The van der Waals surface area contributed by atoms with E-state index < -0.39 is 41.6 Å². The number of carbonyl (C=O) groups excluding carboxylic acids is 4. The van der Waals surface area contributed by atoms with Gasteiger partial charge in [0.1, 0.15) is 23.4 Å². The monoisotopic (exact) mass is 856 g/mol. The van der Waals surface area contributed by atoms with Crippen molar-refractivity contribution in [2.75, 3.05) is 44.5 Å². The lowest BCUT2D eigenvalue weighted by Crippen LogP contribution is -2.51. The second-order valence-corrected chi connectivity index (χ2v) is 15.8. The van der Waals surface area contributed by atoms with Crippen LogP contribution in [0.3, 0.4) is 0 Å². The molecule has 5 rings (SSSR count). The highest BCUT2D eigenvalue weighted by Crippen LogP contribution is 2.41. The average Bonchev–Trinajstić information content (AvgIpc) is 3.87. The first-order chi connectivity index (χ1) is 28.3. The van der Waals surface area contributed by atoms with Crippen molar-refractivity contribution >= 4 is 46.9 Å². The van der Waals surface area contributed by atoms with E-state index in [2.05, 4.69) is 41.0 Å². The molecule has 0 aliphatic carbocycles. The molecule has 0 saturated carbocycles. The van der Waals surface area contributed by atoms with Crippen molar-refractivity contribution in [3.05, 3.63) is 77.3 Å². The summed E-state index contributed by atoms with van der Waals surface area (Å²) in [6.45, 7) is 10.0. The number of imidazole rings is 1. The van der Waals surface area contributed by atoms with Crippen LogP contribution in [0.4, 0.5) is 29.5 Å². The lowest BCUT2D eigenvalue weighted by molar-refractivity contribution is -0.274. The van der Waals surface area contributed by atoms with Crippen LogP contribution in [0.5, 0.6) is 5.75 Å². The Morgan fingerprint density at radius 1 is 0.967 bits per heavy atom. The van der Waals surface area contributed by atoms with E-state index in [9.17, 15) is 32.3 Å². The summed E-state index contributed by atoms with van der Waals surface area (Å²) in [6.07, 6.45) is -2.76. The van der Waals surface area contributed by atoms with Gasteiger partial charge >= 0.3 is 12.5 Å². The van der Waals surface area contributed by atoms with Gasteiger partial charge in [-0.05, 0) is 35.2 Å². The molecule has 60 heavy (non-hydrogen) atoms. The van der Waals surface area contributed by atoms with Crippen LogP contribution in [-0.4, -0.2) is 96.0 Å². The van der Waals surface area contributed by atoms with Crippen molar-refractivity contribution in [3.63, 3.8) is 0 Å². The standard InChI is InChI=1S/C41H48ClF3N8O7/c1-22(2)34(52-39(57)59-7)37(55)53-21-26(58-6)16-31(53)35-49-20-30(50-35)24-10-8-23(9-11-24)27-17-28(42)29(18-32(27)60-41(43,44)45)51-36(54)25-12-13-33(48-19-25)46-14-15-47-38(56)40(3,4)5/h8-13,17-20,22,26,31,34H,14-16,21H2,1-7H3,(H,46,48)(H,47,56)(H,49,50)(H,51,54)(H,52,57)/t26-,31-,34-/m0/s1. The van der Waals surface area contributed by atoms with Crippen LogP contribution in [0.25, 0.3) is 22.4 Å². The fourth-order valence-corrected chi connectivity index (χ4v) is 6.58. The number of anilines is 2. The number of likely N-dealkylation sites (tertiary alicyclic amines) is 1. The number of carbonyl (C=O) groups is 4. The van der Waals surface area contributed by atoms with Gasteiger partial charge in [0.2, 0.25) is 11.8 Å². The van der Waals surface area contributed by atoms with Crippen molar-refractivity contribution in [3.8, 4) is 28.1 Å². The van der Waals surface area contributed by atoms with Crippen molar-refractivity contribution in [1.82, 2.24) is 30.5 Å². The highest BCUT2D eigenvalue weighted by Gasteiger charge is 2.42. The fourth-order valence-electron chi connectivity index (χ4n) is 6.37. The SMILES string of the molecule is COC(=O)N[C@H](C(=O)N1C[C@@H](OC)C[C@H]1c1ncc(-c2ccc(-c3cc(Cl)c(NC(=O)c4ccc(NCCNC(=O)C(C)(C)C)nc4)cc3OC(F)(F)F)cc2)[nH]1)C(C)C.